The average molecular weight is 626 g/mol. The molecule has 4 aromatic rings. The van der Waals surface area contributed by atoms with Gasteiger partial charge in [0.1, 0.15) is 29.9 Å². The van der Waals surface area contributed by atoms with E-state index < -0.39 is 49.6 Å². The molecule has 12 heteroatoms. The Morgan fingerprint density at radius 3 is 1.93 bits per heavy atom. The van der Waals surface area contributed by atoms with Crippen LogP contribution in [0.5, 0.6) is 0 Å². The number of ether oxygens (including phenoxy) is 5. The van der Waals surface area contributed by atoms with Crippen molar-refractivity contribution in [2.75, 3.05) is 13.2 Å². The van der Waals surface area contributed by atoms with Gasteiger partial charge in [-0.25, -0.2) is 19.4 Å². The number of carbonyl (C=O) groups is 3. The molecule has 1 saturated heterocycles. The van der Waals surface area contributed by atoms with Crippen molar-refractivity contribution in [2.24, 2.45) is 4.99 Å². The molecule has 45 heavy (non-hydrogen) atoms. The maximum absolute atomic E-state index is 13.4. The number of hydrogen-bond acceptors (Lipinski definition) is 10. The largest absolute Gasteiger partial charge is 0.483 e. The summed E-state index contributed by atoms with van der Waals surface area (Å²) in [6.45, 7) is 9.42. The van der Waals surface area contributed by atoms with E-state index in [0.29, 0.717) is 12.2 Å². The van der Waals surface area contributed by atoms with E-state index in [-0.39, 0.29) is 29.0 Å². The Labute approximate surface area is 260 Å². The normalized spacial score (nSPS) is 19.4. The highest BCUT2D eigenvalue weighted by atomic mass is 31.1. The SMILES string of the molecule is [C-]#[N+]c1ncp(C2OC(COC(=O)c3ccccc3)C(OC(=O)c3ccccc3)C2OC(=O)c2ccccc2)c1N=COCC. The Morgan fingerprint density at radius 2 is 1.40 bits per heavy atom. The van der Waals surface area contributed by atoms with Gasteiger partial charge in [0.15, 0.2) is 18.6 Å². The highest BCUT2D eigenvalue weighted by molar-refractivity contribution is 7.53. The highest BCUT2D eigenvalue weighted by Crippen LogP contribution is 2.59. The second-order valence-corrected chi connectivity index (χ2v) is 11.6. The summed E-state index contributed by atoms with van der Waals surface area (Å²) < 4.78 is 29.3. The maximum Gasteiger partial charge on any atom is 0.338 e. The van der Waals surface area contributed by atoms with E-state index in [0.717, 1.165) is 0 Å². The molecular formula is C33H28N3O8P. The molecule has 1 aliphatic heterocycles. The van der Waals surface area contributed by atoms with Gasteiger partial charge in [-0.15, -0.1) is 4.98 Å². The fourth-order valence-corrected chi connectivity index (χ4v) is 6.65. The third kappa shape index (κ3) is 7.44. The van der Waals surface area contributed by atoms with Gasteiger partial charge in [0.25, 0.3) is 5.82 Å². The molecule has 1 aromatic heterocycles. The lowest BCUT2D eigenvalue weighted by molar-refractivity contribution is -0.0438. The van der Waals surface area contributed by atoms with E-state index in [9.17, 15) is 14.4 Å². The average Bonchev–Trinajstić information content (AvgIpc) is 3.64. The quantitative estimate of drug-likeness (QED) is 0.0602. The van der Waals surface area contributed by atoms with E-state index in [1.54, 1.807) is 97.9 Å². The molecule has 1 fully saturated rings. The van der Waals surface area contributed by atoms with Crippen molar-refractivity contribution in [1.82, 2.24) is 4.98 Å². The Bertz CT molecular complexity index is 1690. The van der Waals surface area contributed by atoms with Gasteiger partial charge in [0, 0.05) is 0 Å². The lowest BCUT2D eigenvalue weighted by atomic mass is 10.1. The standard InChI is InChI=1S/C33H28N3O8P/c1-3-40-20-35-29-28(34-2)36-21-45(29)33-27(44-32(39)24-17-11-6-12-18-24)26(43-31(38)23-15-9-5-10-16-23)25(42-33)19-41-30(37)22-13-7-4-8-14-22/h4-18,20-21,25-27,33H,3,19H2,1H3. The number of carbonyl (C=O) groups excluding carboxylic acids is 3. The second-order valence-electron chi connectivity index (χ2n) is 9.60. The number of nitrogens with zero attached hydrogens (tertiary/aromatic N) is 3. The molecular weight excluding hydrogens is 597 g/mol. The van der Waals surface area contributed by atoms with Gasteiger partial charge >= 0.3 is 17.9 Å². The van der Waals surface area contributed by atoms with Gasteiger partial charge in [-0.3, -0.25) is 0 Å². The van der Waals surface area contributed by atoms with Crippen LogP contribution in [0, 0.1) is 6.57 Å². The van der Waals surface area contributed by atoms with Crippen LogP contribution in [0.4, 0.5) is 11.2 Å². The first kappa shape index (κ1) is 31.1. The van der Waals surface area contributed by atoms with Gasteiger partial charge in [-0.2, -0.15) is 0 Å². The van der Waals surface area contributed by atoms with Crippen LogP contribution in [0.1, 0.15) is 43.8 Å². The van der Waals surface area contributed by atoms with Crippen molar-refractivity contribution in [3.63, 3.8) is 0 Å². The van der Waals surface area contributed by atoms with Gasteiger partial charge in [-0.1, -0.05) is 61.2 Å². The van der Waals surface area contributed by atoms with Gasteiger partial charge in [0.05, 0.1) is 23.3 Å². The predicted octanol–water partition coefficient (Wildman–Crippen LogP) is 6.52. The molecule has 0 saturated carbocycles. The molecule has 0 bridgehead atoms. The van der Waals surface area contributed by atoms with Crippen molar-refractivity contribution in [3.05, 3.63) is 125 Å². The van der Waals surface area contributed by atoms with Crippen molar-refractivity contribution >= 4 is 43.1 Å². The molecule has 3 aromatic carbocycles. The Kier molecular flexibility index (Phi) is 10.3. The van der Waals surface area contributed by atoms with Crippen LogP contribution in [0.25, 0.3) is 4.85 Å². The van der Waals surface area contributed by atoms with Crippen LogP contribution in [-0.2, 0) is 23.7 Å². The lowest BCUT2D eigenvalue weighted by Crippen LogP contribution is -2.40. The summed E-state index contributed by atoms with van der Waals surface area (Å²) in [4.78, 5) is 51.6. The second kappa shape index (κ2) is 14.9. The Morgan fingerprint density at radius 1 is 0.867 bits per heavy atom. The van der Waals surface area contributed by atoms with E-state index >= 15 is 0 Å². The summed E-state index contributed by atoms with van der Waals surface area (Å²) in [5.74, 6) is -1.39. The third-order valence-corrected chi connectivity index (χ3v) is 8.86. The van der Waals surface area contributed by atoms with Crippen molar-refractivity contribution < 1.29 is 38.1 Å². The third-order valence-electron chi connectivity index (χ3n) is 6.72. The first-order valence-corrected chi connectivity index (χ1v) is 15.5. The first-order chi connectivity index (χ1) is 22.0. The number of aliphatic imine (C=N–C) groups is 1. The highest BCUT2D eigenvalue weighted by Gasteiger charge is 2.52. The molecule has 0 radical (unpaired) electrons. The summed E-state index contributed by atoms with van der Waals surface area (Å²) in [7, 11) is -1.65. The van der Waals surface area contributed by atoms with E-state index in [4.69, 9.17) is 30.3 Å². The summed E-state index contributed by atoms with van der Waals surface area (Å²) >= 11 is 0. The zero-order chi connectivity index (χ0) is 31.6. The van der Waals surface area contributed by atoms with Crippen LogP contribution in [0.3, 0.4) is 0 Å². The molecule has 1 aliphatic rings. The minimum Gasteiger partial charge on any atom is -0.483 e. The zero-order valence-corrected chi connectivity index (χ0v) is 25.0. The fraction of sp³-hybridized carbons (Fsp3) is 0.212. The van der Waals surface area contributed by atoms with Crippen LogP contribution in [0.15, 0.2) is 102 Å². The number of hydrogen-bond donors (Lipinski definition) is 0. The molecule has 0 N–H and O–H groups in total. The Balaban J connectivity index is 1.53. The minimum absolute atomic E-state index is 0.0329. The topological polar surface area (TPSA) is 127 Å². The summed E-state index contributed by atoms with van der Waals surface area (Å²) in [6, 6.07) is 25.0. The van der Waals surface area contributed by atoms with Gasteiger partial charge < -0.3 is 28.5 Å². The molecule has 0 amide bonds. The fourth-order valence-electron chi connectivity index (χ4n) is 4.58. The van der Waals surface area contributed by atoms with Crippen LogP contribution >= 0.6 is 7.53 Å². The zero-order valence-electron chi connectivity index (χ0n) is 24.1. The monoisotopic (exact) mass is 625 g/mol. The molecule has 2 heterocycles. The number of benzene rings is 3. The van der Waals surface area contributed by atoms with Crippen molar-refractivity contribution in [3.8, 4) is 0 Å². The molecule has 228 valence electrons. The van der Waals surface area contributed by atoms with Crippen molar-refractivity contribution in [1.29, 1.82) is 0 Å². The molecule has 5 unspecified atom stereocenters. The number of aromatic nitrogens is 1. The number of rotatable bonds is 11. The van der Waals surface area contributed by atoms with Gasteiger partial charge in [0.2, 0.25) is 0 Å². The van der Waals surface area contributed by atoms with E-state index in [1.165, 1.54) is 12.3 Å². The van der Waals surface area contributed by atoms with E-state index in [2.05, 4.69) is 14.8 Å². The smallest absolute Gasteiger partial charge is 0.338 e. The summed E-state index contributed by atoms with van der Waals surface area (Å²) in [5, 5.41) is 0. The van der Waals surface area contributed by atoms with Crippen molar-refractivity contribution in [2.45, 2.75) is 31.1 Å². The molecule has 11 nitrogen and oxygen atoms in total. The Hall–Kier alpha value is -5.30. The van der Waals surface area contributed by atoms with Gasteiger partial charge in [-0.05, 0) is 50.9 Å². The number of esters is 3. The first-order valence-electron chi connectivity index (χ1n) is 14.0. The maximum atomic E-state index is 13.4. The summed E-state index contributed by atoms with van der Waals surface area (Å²) in [6.07, 6.45) is -2.22. The lowest BCUT2D eigenvalue weighted by Gasteiger charge is -2.24. The van der Waals surface area contributed by atoms with E-state index in [1.807, 2.05) is 0 Å². The predicted molar refractivity (Wildman–Crippen MR) is 165 cm³/mol. The van der Waals surface area contributed by atoms with Crippen LogP contribution < -0.4 is 0 Å². The molecule has 5 rings (SSSR count). The van der Waals surface area contributed by atoms with Crippen LogP contribution in [-0.4, -0.2) is 60.8 Å². The molecule has 0 spiro atoms. The summed E-state index contributed by atoms with van der Waals surface area (Å²) in [5.41, 5.74) is 1.14. The molecule has 5 atom stereocenters. The minimum atomic E-state index is -1.65. The molecule has 0 aliphatic carbocycles. The van der Waals surface area contributed by atoms with Crippen LogP contribution in [0.2, 0.25) is 0 Å².